The van der Waals surface area contributed by atoms with Crippen LogP contribution in [0.4, 0.5) is 5.69 Å². The number of nitrogens with zero attached hydrogens (tertiary/aromatic N) is 3. The lowest BCUT2D eigenvalue weighted by Crippen LogP contribution is -2.03. The highest BCUT2D eigenvalue weighted by Crippen LogP contribution is 2.31. The molecule has 6 nitrogen and oxygen atoms in total. The summed E-state index contributed by atoms with van der Waals surface area (Å²) in [6, 6.07) is 5.46. The number of carboxylic acid groups (broad SMARTS) is 1. The van der Waals surface area contributed by atoms with Gasteiger partial charge in [0, 0.05) is 28.5 Å². The van der Waals surface area contributed by atoms with E-state index in [1.165, 1.54) is 0 Å². The second-order valence-corrected chi connectivity index (χ2v) is 4.28. The molecular formula is C13H12N4O2. The van der Waals surface area contributed by atoms with Gasteiger partial charge in [0.15, 0.2) is 5.69 Å². The number of nitrogen functional groups attached to an aromatic ring is 1. The maximum atomic E-state index is 11.3. The molecule has 0 aliphatic rings. The molecule has 2 heterocycles. The minimum atomic E-state index is -1.09. The molecule has 0 atom stereocenters. The summed E-state index contributed by atoms with van der Waals surface area (Å²) < 4.78 is 2.01. The van der Waals surface area contributed by atoms with Gasteiger partial charge in [-0.1, -0.05) is 0 Å². The van der Waals surface area contributed by atoms with Crippen LogP contribution in [-0.2, 0) is 6.54 Å². The van der Waals surface area contributed by atoms with Gasteiger partial charge < -0.3 is 15.4 Å². The Labute approximate surface area is 108 Å². The summed E-state index contributed by atoms with van der Waals surface area (Å²) in [5.74, 6) is -1.09. The molecule has 0 radical (unpaired) electrons. The number of hydrogen-bond donors (Lipinski definition) is 2. The summed E-state index contributed by atoms with van der Waals surface area (Å²) >= 11 is 0. The maximum absolute atomic E-state index is 11.3. The van der Waals surface area contributed by atoms with Gasteiger partial charge in [-0.2, -0.15) is 5.10 Å². The van der Waals surface area contributed by atoms with E-state index in [-0.39, 0.29) is 5.69 Å². The molecule has 1 aromatic carbocycles. The Morgan fingerprint density at radius 2 is 2.21 bits per heavy atom. The number of carbonyl (C=O) groups is 1. The molecule has 0 saturated heterocycles. The fourth-order valence-corrected chi connectivity index (χ4v) is 2.46. The molecule has 0 amide bonds. The molecular weight excluding hydrogens is 244 g/mol. The summed E-state index contributed by atoms with van der Waals surface area (Å²) in [5, 5.41) is 18.1. The lowest BCUT2D eigenvalue weighted by Gasteiger charge is -2.02. The lowest BCUT2D eigenvalue weighted by atomic mass is 10.1. The van der Waals surface area contributed by atoms with Crippen molar-refractivity contribution in [1.29, 1.82) is 0 Å². The number of benzene rings is 1. The number of carboxylic acids is 1. The largest absolute Gasteiger partial charge is 0.476 e. The van der Waals surface area contributed by atoms with Gasteiger partial charge in [0.2, 0.25) is 0 Å². The van der Waals surface area contributed by atoms with Gasteiger partial charge in [-0.15, -0.1) is 5.10 Å². The van der Waals surface area contributed by atoms with Crippen LogP contribution in [0.1, 0.15) is 17.4 Å². The van der Waals surface area contributed by atoms with E-state index in [0.717, 1.165) is 16.4 Å². The van der Waals surface area contributed by atoms with Crippen LogP contribution in [0.3, 0.4) is 0 Å². The molecule has 2 aromatic heterocycles. The first-order valence-corrected chi connectivity index (χ1v) is 5.90. The number of fused-ring (bicyclic) bond motifs is 3. The van der Waals surface area contributed by atoms with Crippen LogP contribution in [0.25, 0.3) is 21.8 Å². The summed E-state index contributed by atoms with van der Waals surface area (Å²) in [6.07, 6.45) is 1.58. The molecule has 3 N–H and O–H groups in total. The van der Waals surface area contributed by atoms with Crippen LogP contribution in [0.15, 0.2) is 24.4 Å². The number of aryl methyl sites for hydroxylation is 1. The quantitative estimate of drug-likeness (QED) is 0.683. The van der Waals surface area contributed by atoms with E-state index in [9.17, 15) is 9.90 Å². The van der Waals surface area contributed by atoms with E-state index in [1.54, 1.807) is 18.3 Å². The van der Waals surface area contributed by atoms with Crippen molar-refractivity contribution in [3.05, 3.63) is 30.1 Å². The first kappa shape index (κ1) is 11.5. The fraction of sp³-hybridized carbons (Fsp3) is 0.154. The maximum Gasteiger partial charge on any atom is 0.357 e. The fourth-order valence-electron chi connectivity index (χ4n) is 2.46. The molecule has 0 saturated carbocycles. The Morgan fingerprint density at radius 3 is 2.89 bits per heavy atom. The van der Waals surface area contributed by atoms with Gasteiger partial charge in [0.05, 0.1) is 11.7 Å². The van der Waals surface area contributed by atoms with Gasteiger partial charge >= 0.3 is 5.97 Å². The van der Waals surface area contributed by atoms with E-state index in [4.69, 9.17) is 5.73 Å². The highest BCUT2D eigenvalue weighted by Gasteiger charge is 2.18. The molecule has 19 heavy (non-hydrogen) atoms. The van der Waals surface area contributed by atoms with Crippen molar-refractivity contribution in [1.82, 2.24) is 14.8 Å². The van der Waals surface area contributed by atoms with Crippen molar-refractivity contribution in [2.45, 2.75) is 13.5 Å². The Kier molecular flexibility index (Phi) is 2.38. The van der Waals surface area contributed by atoms with Crippen LogP contribution >= 0.6 is 0 Å². The summed E-state index contributed by atoms with van der Waals surface area (Å²) in [7, 11) is 0. The molecule has 6 heteroatoms. The third kappa shape index (κ3) is 1.53. The van der Waals surface area contributed by atoms with Gasteiger partial charge in [-0.05, 0) is 25.1 Å². The van der Waals surface area contributed by atoms with Crippen LogP contribution in [-0.4, -0.2) is 25.8 Å². The monoisotopic (exact) mass is 256 g/mol. The predicted molar refractivity (Wildman–Crippen MR) is 72.1 cm³/mol. The normalized spacial score (nSPS) is 11.2. The van der Waals surface area contributed by atoms with Gasteiger partial charge in [-0.25, -0.2) is 4.79 Å². The summed E-state index contributed by atoms with van der Waals surface area (Å²) in [6.45, 7) is 2.71. The van der Waals surface area contributed by atoms with Crippen LogP contribution in [0, 0.1) is 0 Å². The zero-order valence-corrected chi connectivity index (χ0v) is 10.3. The second-order valence-electron chi connectivity index (χ2n) is 4.28. The third-order valence-electron chi connectivity index (χ3n) is 3.22. The Bertz CT molecular complexity index is 807. The SMILES string of the molecule is CCn1c2ccc(N)cc2c2c(C(=O)O)nncc21. The number of rotatable bonds is 2. The van der Waals surface area contributed by atoms with Crippen LogP contribution in [0.5, 0.6) is 0 Å². The Hall–Kier alpha value is -2.63. The number of nitrogens with two attached hydrogens (primary N) is 1. The van der Waals surface area contributed by atoms with Crippen molar-refractivity contribution in [3.63, 3.8) is 0 Å². The zero-order valence-electron chi connectivity index (χ0n) is 10.3. The molecule has 3 rings (SSSR count). The molecule has 0 fully saturated rings. The first-order chi connectivity index (χ1) is 9.13. The molecule has 0 unspecified atom stereocenters. The predicted octanol–water partition coefficient (Wildman–Crippen LogP) is 1.88. The topological polar surface area (TPSA) is 94.0 Å². The number of aromatic carboxylic acids is 1. The summed E-state index contributed by atoms with van der Waals surface area (Å²) in [5.41, 5.74) is 8.05. The molecule has 3 aromatic rings. The Balaban J connectivity index is 2.60. The van der Waals surface area contributed by atoms with Gasteiger partial charge in [0.25, 0.3) is 0 Å². The molecule has 0 spiro atoms. The number of anilines is 1. The van der Waals surface area contributed by atoms with E-state index in [2.05, 4.69) is 10.2 Å². The van der Waals surface area contributed by atoms with Crippen LogP contribution < -0.4 is 5.73 Å². The standard InChI is InChI=1S/C13H12N4O2/c1-2-17-9-4-3-7(14)5-8(9)11-10(17)6-15-16-12(11)13(18)19/h3-6H,2,14H2,1H3,(H,18,19). The van der Waals surface area contributed by atoms with E-state index in [0.29, 0.717) is 17.6 Å². The van der Waals surface area contributed by atoms with Crippen molar-refractivity contribution in [2.24, 2.45) is 0 Å². The Morgan fingerprint density at radius 1 is 1.42 bits per heavy atom. The van der Waals surface area contributed by atoms with Gasteiger partial charge in [0.1, 0.15) is 0 Å². The van der Waals surface area contributed by atoms with Crippen molar-refractivity contribution in [2.75, 3.05) is 5.73 Å². The highest BCUT2D eigenvalue weighted by atomic mass is 16.4. The number of hydrogen-bond acceptors (Lipinski definition) is 4. The molecule has 96 valence electrons. The van der Waals surface area contributed by atoms with Crippen molar-refractivity contribution in [3.8, 4) is 0 Å². The smallest absolute Gasteiger partial charge is 0.357 e. The van der Waals surface area contributed by atoms with Crippen LogP contribution in [0.2, 0.25) is 0 Å². The van der Waals surface area contributed by atoms with E-state index in [1.807, 2.05) is 17.6 Å². The molecule has 0 aliphatic carbocycles. The highest BCUT2D eigenvalue weighted by molar-refractivity contribution is 6.15. The van der Waals surface area contributed by atoms with Gasteiger partial charge in [-0.3, -0.25) is 0 Å². The first-order valence-electron chi connectivity index (χ1n) is 5.90. The number of aromatic nitrogens is 3. The molecule has 0 aliphatic heterocycles. The average Bonchev–Trinajstić information content (AvgIpc) is 2.71. The summed E-state index contributed by atoms with van der Waals surface area (Å²) in [4.78, 5) is 11.3. The van der Waals surface area contributed by atoms with Crippen molar-refractivity contribution < 1.29 is 9.90 Å². The third-order valence-corrected chi connectivity index (χ3v) is 3.22. The zero-order chi connectivity index (χ0) is 13.6. The van der Waals surface area contributed by atoms with E-state index >= 15 is 0 Å². The minimum Gasteiger partial charge on any atom is -0.476 e. The minimum absolute atomic E-state index is 0.0414. The lowest BCUT2D eigenvalue weighted by molar-refractivity contribution is 0.0691. The van der Waals surface area contributed by atoms with Crippen molar-refractivity contribution >= 4 is 33.5 Å². The molecule has 0 bridgehead atoms. The second kappa shape index (κ2) is 3.94. The average molecular weight is 256 g/mol. The van der Waals surface area contributed by atoms with E-state index < -0.39 is 5.97 Å².